The van der Waals surface area contributed by atoms with E-state index in [-0.39, 0.29) is 0 Å². The van der Waals surface area contributed by atoms with E-state index >= 15 is 0 Å². The van der Waals surface area contributed by atoms with Gasteiger partial charge in [-0.25, -0.2) is 0 Å². The third-order valence-corrected chi connectivity index (χ3v) is 4.58. The number of hydrogen-bond donors (Lipinski definition) is 1. The van der Waals surface area contributed by atoms with Crippen molar-refractivity contribution in [1.82, 2.24) is 10.2 Å². The van der Waals surface area contributed by atoms with E-state index in [2.05, 4.69) is 22.3 Å². The van der Waals surface area contributed by atoms with Crippen molar-refractivity contribution in [3.63, 3.8) is 0 Å². The van der Waals surface area contributed by atoms with Crippen molar-refractivity contribution < 1.29 is 9.47 Å². The van der Waals surface area contributed by atoms with Gasteiger partial charge < -0.3 is 14.8 Å². The zero-order chi connectivity index (χ0) is 12.7. The van der Waals surface area contributed by atoms with E-state index in [1.165, 1.54) is 24.8 Å². The Kier molecular flexibility index (Phi) is 2.85. The van der Waals surface area contributed by atoms with Crippen LogP contribution in [0.2, 0.25) is 0 Å². The monoisotopic (exact) mass is 260 g/mol. The number of rotatable bonds is 2. The lowest BCUT2D eigenvalue weighted by atomic mass is 10.1. The Morgan fingerprint density at radius 3 is 3.16 bits per heavy atom. The molecule has 4 nitrogen and oxygen atoms in total. The minimum Gasteiger partial charge on any atom is -0.454 e. The Bertz CT molecular complexity index is 477. The second kappa shape index (κ2) is 4.69. The predicted octanol–water partition coefficient (Wildman–Crippen LogP) is 1.74. The molecule has 2 fully saturated rings. The third-order valence-electron chi connectivity index (χ3n) is 4.58. The largest absolute Gasteiger partial charge is 0.454 e. The van der Waals surface area contributed by atoms with Gasteiger partial charge in [-0.1, -0.05) is 12.5 Å². The summed E-state index contributed by atoms with van der Waals surface area (Å²) in [5.41, 5.74) is 1.33. The standard InChI is InChI=1S/C15H20N2O2/c1-2-12-13(3-1)17(7-6-16-12)9-11-4-5-14-15(8-11)19-10-18-14/h4-5,8,12-13,16H,1-3,6-7,9-10H2/t12-,13-/m0/s1. The van der Waals surface area contributed by atoms with Gasteiger partial charge in [0.15, 0.2) is 11.5 Å². The van der Waals surface area contributed by atoms with Gasteiger partial charge in [0.05, 0.1) is 0 Å². The highest BCUT2D eigenvalue weighted by molar-refractivity contribution is 5.44. The highest BCUT2D eigenvalue weighted by Gasteiger charge is 2.34. The van der Waals surface area contributed by atoms with Crippen LogP contribution in [0.25, 0.3) is 0 Å². The summed E-state index contributed by atoms with van der Waals surface area (Å²) >= 11 is 0. The van der Waals surface area contributed by atoms with E-state index in [0.29, 0.717) is 12.8 Å². The molecule has 4 heteroatoms. The van der Waals surface area contributed by atoms with Crippen LogP contribution in [0.1, 0.15) is 24.8 Å². The molecule has 0 unspecified atom stereocenters. The van der Waals surface area contributed by atoms with Crippen LogP contribution in [0.4, 0.5) is 0 Å². The van der Waals surface area contributed by atoms with E-state index in [1.54, 1.807) is 0 Å². The normalized spacial score (nSPS) is 29.5. The number of nitrogens with one attached hydrogen (secondary N) is 1. The van der Waals surface area contributed by atoms with Crippen LogP contribution in [0, 0.1) is 0 Å². The average Bonchev–Trinajstić information content (AvgIpc) is 3.06. The van der Waals surface area contributed by atoms with E-state index in [1.807, 2.05) is 6.07 Å². The summed E-state index contributed by atoms with van der Waals surface area (Å²) < 4.78 is 10.8. The molecule has 0 radical (unpaired) electrons. The molecule has 1 aliphatic carbocycles. The number of benzene rings is 1. The van der Waals surface area contributed by atoms with Crippen LogP contribution in [0.5, 0.6) is 11.5 Å². The lowest BCUT2D eigenvalue weighted by molar-refractivity contribution is 0.129. The van der Waals surface area contributed by atoms with Crippen LogP contribution in [-0.2, 0) is 6.54 Å². The third kappa shape index (κ3) is 2.09. The smallest absolute Gasteiger partial charge is 0.231 e. The zero-order valence-electron chi connectivity index (χ0n) is 11.1. The summed E-state index contributed by atoms with van der Waals surface area (Å²) in [5.74, 6) is 1.78. The van der Waals surface area contributed by atoms with Gasteiger partial charge in [0.2, 0.25) is 6.79 Å². The molecule has 1 saturated heterocycles. The Balaban J connectivity index is 1.51. The summed E-state index contributed by atoms with van der Waals surface area (Å²) in [6.45, 7) is 3.65. The first-order valence-electron chi connectivity index (χ1n) is 7.26. The molecule has 0 aromatic heterocycles. The fraction of sp³-hybridized carbons (Fsp3) is 0.600. The fourth-order valence-electron chi connectivity index (χ4n) is 3.65. The van der Waals surface area contributed by atoms with Gasteiger partial charge in [0.1, 0.15) is 0 Å². The van der Waals surface area contributed by atoms with Crippen molar-refractivity contribution in [3.05, 3.63) is 23.8 Å². The molecule has 0 spiro atoms. The number of fused-ring (bicyclic) bond motifs is 2. The predicted molar refractivity (Wildman–Crippen MR) is 72.4 cm³/mol. The lowest BCUT2D eigenvalue weighted by Crippen LogP contribution is -2.54. The molecule has 2 aliphatic heterocycles. The molecule has 1 aromatic rings. The van der Waals surface area contributed by atoms with Gasteiger partial charge in [-0.3, -0.25) is 4.90 Å². The number of piperazine rings is 1. The van der Waals surface area contributed by atoms with Gasteiger partial charge in [0, 0.05) is 31.7 Å². The molecule has 1 N–H and O–H groups in total. The van der Waals surface area contributed by atoms with Gasteiger partial charge in [0.25, 0.3) is 0 Å². The highest BCUT2D eigenvalue weighted by Crippen LogP contribution is 2.34. The molecule has 2 atom stereocenters. The average molecular weight is 260 g/mol. The molecule has 4 rings (SSSR count). The summed E-state index contributed by atoms with van der Waals surface area (Å²) in [6, 6.07) is 7.77. The number of ether oxygens (including phenoxy) is 2. The van der Waals surface area contributed by atoms with E-state index < -0.39 is 0 Å². The van der Waals surface area contributed by atoms with Crippen LogP contribution in [0.3, 0.4) is 0 Å². The maximum absolute atomic E-state index is 5.46. The van der Waals surface area contributed by atoms with Gasteiger partial charge in [-0.05, 0) is 30.5 Å². The molecule has 1 aromatic carbocycles. The number of hydrogen-bond acceptors (Lipinski definition) is 4. The van der Waals surface area contributed by atoms with E-state index in [4.69, 9.17) is 9.47 Å². The summed E-state index contributed by atoms with van der Waals surface area (Å²) in [7, 11) is 0. The molecule has 3 aliphatic rings. The first kappa shape index (κ1) is 11.6. The van der Waals surface area contributed by atoms with Crippen molar-refractivity contribution in [3.8, 4) is 11.5 Å². The number of nitrogens with zero attached hydrogens (tertiary/aromatic N) is 1. The van der Waals surface area contributed by atoms with Gasteiger partial charge in [-0.15, -0.1) is 0 Å². The Hall–Kier alpha value is -1.26. The van der Waals surface area contributed by atoms with Crippen molar-refractivity contribution in [2.24, 2.45) is 0 Å². The first-order chi connectivity index (χ1) is 9.40. The summed E-state index contributed by atoms with van der Waals surface area (Å²) in [4.78, 5) is 2.63. The minimum atomic E-state index is 0.358. The molecule has 0 bridgehead atoms. The maximum Gasteiger partial charge on any atom is 0.231 e. The van der Waals surface area contributed by atoms with Gasteiger partial charge >= 0.3 is 0 Å². The van der Waals surface area contributed by atoms with Crippen LogP contribution >= 0.6 is 0 Å². The van der Waals surface area contributed by atoms with Crippen molar-refractivity contribution in [2.75, 3.05) is 19.9 Å². The molecule has 0 amide bonds. The minimum absolute atomic E-state index is 0.358. The second-order valence-corrected chi connectivity index (χ2v) is 5.72. The van der Waals surface area contributed by atoms with Crippen LogP contribution < -0.4 is 14.8 Å². The Morgan fingerprint density at radius 1 is 1.21 bits per heavy atom. The van der Waals surface area contributed by atoms with Crippen molar-refractivity contribution in [1.29, 1.82) is 0 Å². The molecule has 19 heavy (non-hydrogen) atoms. The zero-order valence-corrected chi connectivity index (χ0v) is 11.1. The maximum atomic E-state index is 5.46. The topological polar surface area (TPSA) is 33.7 Å². The Morgan fingerprint density at radius 2 is 2.16 bits per heavy atom. The van der Waals surface area contributed by atoms with E-state index in [9.17, 15) is 0 Å². The van der Waals surface area contributed by atoms with Gasteiger partial charge in [-0.2, -0.15) is 0 Å². The molecule has 1 saturated carbocycles. The quantitative estimate of drug-likeness (QED) is 0.878. The second-order valence-electron chi connectivity index (χ2n) is 5.72. The van der Waals surface area contributed by atoms with E-state index in [0.717, 1.165) is 37.2 Å². The molecule has 2 heterocycles. The molecule has 102 valence electrons. The SMILES string of the molecule is c1cc2c(cc1CN1CCN[C@H]3CCC[C@@H]31)OCO2. The first-order valence-corrected chi connectivity index (χ1v) is 7.26. The highest BCUT2D eigenvalue weighted by atomic mass is 16.7. The van der Waals surface area contributed by atoms with Crippen LogP contribution in [0.15, 0.2) is 18.2 Å². The molecular weight excluding hydrogens is 240 g/mol. The summed E-state index contributed by atoms with van der Waals surface area (Å²) in [5, 5.41) is 3.65. The summed E-state index contributed by atoms with van der Waals surface area (Å²) in [6.07, 6.45) is 4.03. The van der Waals surface area contributed by atoms with Crippen molar-refractivity contribution >= 4 is 0 Å². The Labute approximate surface area is 113 Å². The van der Waals surface area contributed by atoms with Crippen molar-refractivity contribution in [2.45, 2.75) is 37.9 Å². The molecular formula is C15H20N2O2. The lowest BCUT2D eigenvalue weighted by Gasteiger charge is -2.38. The van der Waals surface area contributed by atoms with Crippen LogP contribution in [-0.4, -0.2) is 36.9 Å². The fourth-order valence-corrected chi connectivity index (χ4v) is 3.65.